The van der Waals surface area contributed by atoms with Crippen molar-refractivity contribution in [1.82, 2.24) is 10.6 Å². The second kappa shape index (κ2) is 11.3. The summed E-state index contributed by atoms with van der Waals surface area (Å²) in [6, 6.07) is 3.16. The first-order chi connectivity index (χ1) is 12.0. The third kappa shape index (κ3) is 7.43. The molecule has 0 bridgehead atoms. The van der Waals surface area contributed by atoms with Crippen LogP contribution in [-0.2, 0) is 4.79 Å². The molecule has 1 aliphatic rings. The van der Waals surface area contributed by atoms with Gasteiger partial charge in [-0.25, -0.2) is 8.78 Å². The maximum Gasteiger partial charge on any atom is 0.220 e. The molecule has 8 heteroatoms. The Morgan fingerprint density at radius 3 is 2.69 bits per heavy atom. The summed E-state index contributed by atoms with van der Waals surface area (Å²) >= 11 is 0. The highest BCUT2D eigenvalue weighted by molar-refractivity contribution is 5.85. The average molecular weight is 393 g/mol. The largest absolute Gasteiger partial charge is 0.491 e. The quantitative estimate of drug-likeness (QED) is 0.634. The topological polar surface area (TPSA) is 70.6 Å². The number of nitrogens with one attached hydrogen (secondary N) is 2. The first-order valence-electron chi connectivity index (χ1n) is 8.69. The van der Waals surface area contributed by atoms with Gasteiger partial charge in [0.05, 0.1) is 0 Å². The molecule has 1 amide bonds. The number of hydrogen-bond acceptors (Lipinski definition) is 4. The Balaban J connectivity index is 0.00000338. The van der Waals surface area contributed by atoms with Crippen LogP contribution in [0.4, 0.5) is 8.78 Å². The van der Waals surface area contributed by atoms with E-state index in [4.69, 9.17) is 4.74 Å². The molecule has 2 unspecified atom stereocenters. The van der Waals surface area contributed by atoms with Crippen molar-refractivity contribution >= 4 is 18.3 Å². The van der Waals surface area contributed by atoms with Crippen molar-refractivity contribution in [3.05, 3.63) is 29.8 Å². The van der Waals surface area contributed by atoms with Gasteiger partial charge in [-0.1, -0.05) is 6.92 Å². The van der Waals surface area contributed by atoms with E-state index in [-0.39, 0.29) is 37.2 Å². The third-order valence-electron chi connectivity index (χ3n) is 4.56. The Morgan fingerprint density at radius 2 is 2.04 bits per heavy atom. The van der Waals surface area contributed by atoms with Crippen molar-refractivity contribution in [2.75, 3.05) is 26.2 Å². The Morgan fingerprint density at radius 1 is 1.35 bits per heavy atom. The summed E-state index contributed by atoms with van der Waals surface area (Å²) in [7, 11) is 0. The molecule has 0 aliphatic carbocycles. The van der Waals surface area contributed by atoms with Gasteiger partial charge in [0.25, 0.3) is 0 Å². The lowest BCUT2D eigenvalue weighted by atomic mass is 9.84. The first-order valence-corrected chi connectivity index (χ1v) is 8.69. The van der Waals surface area contributed by atoms with Crippen LogP contribution in [0.2, 0.25) is 0 Å². The van der Waals surface area contributed by atoms with Gasteiger partial charge in [-0.05, 0) is 49.9 Å². The van der Waals surface area contributed by atoms with E-state index in [1.54, 1.807) is 0 Å². The summed E-state index contributed by atoms with van der Waals surface area (Å²) in [6.45, 7) is 4.02. The Kier molecular flexibility index (Phi) is 9.83. The second-order valence-corrected chi connectivity index (χ2v) is 6.61. The zero-order chi connectivity index (χ0) is 18.2. The predicted octanol–water partition coefficient (Wildman–Crippen LogP) is 2.27. The van der Waals surface area contributed by atoms with Crippen LogP contribution < -0.4 is 15.4 Å². The summed E-state index contributed by atoms with van der Waals surface area (Å²) < 4.78 is 31.1. The van der Waals surface area contributed by atoms with E-state index < -0.39 is 17.7 Å². The van der Waals surface area contributed by atoms with Crippen LogP contribution in [0.1, 0.15) is 26.2 Å². The summed E-state index contributed by atoms with van der Waals surface area (Å²) in [5, 5.41) is 15.8. The minimum atomic E-state index is -1.01. The molecule has 0 spiro atoms. The number of halogens is 3. The van der Waals surface area contributed by atoms with Crippen LogP contribution >= 0.6 is 12.4 Å². The Bertz CT molecular complexity index is 571. The van der Waals surface area contributed by atoms with Gasteiger partial charge in [-0.3, -0.25) is 4.79 Å². The first kappa shape index (κ1) is 22.6. The number of carbonyl (C=O) groups excluding carboxylic acids is 1. The highest BCUT2D eigenvalue weighted by atomic mass is 35.5. The molecule has 2 rings (SSSR count). The molecule has 1 aliphatic heterocycles. The number of aliphatic hydroxyl groups excluding tert-OH is 1. The van der Waals surface area contributed by atoms with E-state index in [0.29, 0.717) is 18.3 Å². The van der Waals surface area contributed by atoms with Crippen molar-refractivity contribution in [1.29, 1.82) is 0 Å². The van der Waals surface area contributed by atoms with E-state index in [0.717, 1.165) is 38.1 Å². The lowest BCUT2D eigenvalue weighted by Crippen LogP contribution is -2.37. The van der Waals surface area contributed by atoms with Gasteiger partial charge in [0.15, 0.2) is 11.6 Å². The van der Waals surface area contributed by atoms with Crippen LogP contribution in [0.25, 0.3) is 0 Å². The van der Waals surface area contributed by atoms with Gasteiger partial charge in [-0.15, -0.1) is 12.4 Å². The molecule has 0 aromatic heterocycles. The van der Waals surface area contributed by atoms with E-state index in [2.05, 4.69) is 17.6 Å². The van der Waals surface area contributed by atoms with Gasteiger partial charge in [-0.2, -0.15) is 0 Å². The van der Waals surface area contributed by atoms with E-state index in [9.17, 15) is 18.7 Å². The van der Waals surface area contributed by atoms with Gasteiger partial charge >= 0.3 is 0 Å². The highest BCUT2D eigenvalue weighted by Crippen LogP contribution is 2.24. The fraction of sp³-hybridized carbons (Fsp3) is 0.611. The van der Waals surface area contributed by atoms with Crippen LogP contribution in [-0.4, -0.2) is 43.4 Å². The average Bonchev–Trinajstić information content (AvgIpc) is 2.61. The van der Waals surface area contributed by atoms with Crippen molar-refractivity contribution in [2.24, 2.45) is 11.8 Å². The monoisotopic (exact) mass is 392 g/mol. The number of hydrogen-bond donors (Lipinski definition) is 3. The number of benzene rings is 1. The summed E-state index contributed by atoms with van der Waals surface area (Å²) in [6.07, 6.45) is 1.67. The molecule has 3 N–H and O–H groups in total. The highest BCUT2D eigenvalue weighted by Gasteiger charge is 2.22. The van der Waals surface area contributed by atoms with Crippen molar-refractivity contribution < 1.29 is 23.4 Å². The molecule has 1 fully saturated rings. The molecule has 2 atom stereocenters. The normalized spacial score (nSPS) is 17.1. The van der Waals surface area contributed by atoms with E-state index in [1.165, 1.54) is 6.07 Å². The molecular formula is C18H27ClF2N2O3. The van der Waals surface area contributed by atoms with Gasteiger partial charge in [0.2, 0.25) is 5.91 Å². The van der Waals surface area contributed by atoms with Crippen molar-refractivity contribution in [2.45, 2.75) is 32.3 Å². The minimum Gasteiger partial charge on any atom is -0.491 e. The van der Waals surface area contributed by atoms with Crippen LogP contribution in [0.5, 0.6) is 5.75 Å². The fourth-order valence-corrected chi connectivity index (χ4v) is 2.99. The SMILES string of the molecule is CC(CC(=O)NCC(O)COc1ccc(F)c(F)c1)C1CCNCC1.Cl. The standard InChI is InChI=1S/C18H26F2N2O3.ClH/c1-12(13-4-6-21-7-5-13)8-18(24)22-10-14(23)11-25-15-2-3-16(19)17(20)9-15;/h2-3,9,12-14,21,23H,4-8,10-11H2,1H3,(H,22,24);1H. The van der Waals surface area contributed by atoms with Gasteiger partial charge in [0, 0.05) is 19.0 Å². The van der Waals surface area contributed by atoms with E-state index in [1.807, 2.05) is 0 Å². The molecule has 26 heavy (non-hydrogen) atoms. The number of amides is 1. The molecule has 5 nitrogen and oxygen atoms in total. The lowest BCUT2D eigenvalue weighted by molar-refractivity contribution is -0.122. The fourth-order valence-electron chi connectivity index (χ4n) is 2.99. The van der Waals surface area contributed by atoms with E-state index >= 15 is 0 Å². The van der Waals surface area contributed by atoms with Crippen LogP contribution in [0.3, 0.4) is 0 Å². The van der Waals surface area contributed by atoms with Crippen LogP contribution in [0, 0.1) is 23.5 Å². The lowest BCUT2D eigenvalue weighted by Gasteiger charge is -2.28. The summed E-state index contributed by atoms with van der Waals surface area (Å²) in [5.74, 6) is -1.08. The zero-order valence-electron chi connectivity index (χ0n) is 14.8. The Labute approximate surface area is 158 Å². The van der Waals surface area contributed by atoms with Gasteiger partial charge in [0.1, 0.15) is 18.5 Å². The smallest absolute Gasteiger partial charge is 0.220 e. The molecule has 0 saturated carbocycles. The number of piperidine rings is 1. The maximum atomic E-state index is 13.1. The second-order valence-electron chi connectivity index (χ2n) is 6.61. The van der Waals surface area contributed by atoms with Crippen molar-refractivity contribution in [3.8, 4) is 5.75 Å². The molecule has 1 aromatic rings. The maximum absolute atomic E-state index is 13.1. The molecule has 1 saturated heterocycles. The predicted molar refractivity (Wildman–Crippen MR) is 97.5 cm³/mol. The van der Waals surface area contributed by atoms with Gasteiger partial charge < -0.3 is 20.5 Å². The summed E-state index contributed by atoms with van der Waals surface area (Å²) in [5.41, 5.74) is 0. The number of aliphatic hydroxyl groups is 1. The number of rotatable bonds is 8. The zero-order valence-corrected chi connectivity index (χ0v) is 15.7. The molecule has 1 heterocycles. The molecule has 0 radical (unpaired) electrons. The minimum absolute atomic E-state index is 0. The molecular weight excluding hydrogens is 366 g/mol. The molecule has 1 aromatic carbocycles. The number of carbonyl (C=O) groups is 1. The molecule has 148 valence electrons. The number of ether oxygens (including phenoxy) is 1. The summed E-state index contributed by atoms with van der Waals surface area (Å²) in [4.78, 5) is 12.0. The Hall–Kier alpha value is -1.44. The van der Waals surface area contributed by atoms with Crippen LogP contribution in [0.15, 0.2) is 18.2 Å². The van der Waals surface area contributed by atoms with Crippen molar-refractivity contribution in [3.63, 3.8) is 0 Å². The third-order valence-corrected chi connectivity index (χ3v) is 4.56.